The Labute approximate surface area is 202 Å². The molecule has 7 nitrogen and oxygen atoms in total. The second kappa shape index (κ2) is 10.6. The van der Waals surface area contributed by atoms with Gasteiger partial charge in [0.1, 0.15) is 5.82 Å². The third kappa shape index (κ3) is 6.06. The van der Waals surface area contributed by atoms with Gasteiger partial charge in [-0.3, -0.25) is 0 Å². The number of sulfonamides is 1. The number of hydrogen-bond donors (Lipinski definition) is 2. The average molecular weight is 491 g/mol. The number of methoxy groups -OCH3 is 1. The zero-order valence-corrected chi connectivity index (χ0v) is 20.9. The van der Waals surface area contributed by atoms with Crippen molar-refractivity contribution in [2.75, 3.05) is 31.8 Å². The molecule has 2 fully saturated rings. The molecular formula is C25H35FN4O3S. The van der Waals surface area contributed by atoms with Crippen LogP contribution < -0.4 is 15.4 Å². The van der Waals surface area contributed by atoms with Crippen molar-refractivity contribution >= 4 is 15.8 Å². The predicted octanol–water partition coefficient (Wildman–Crippen LogP) is 4.05. The van der Waals surface area contributed by atoms with Crippen molar-refractivity contribution in [2.24, 2.45) is 0 Å². The molecule has 2 aromatic rings. The Morgan fingerprint density at radius 3 is 2.53 bits per heavy atom. The quantitative estimate of drug-likeness (QED) is 0.581. The number of ether oxygens (including phenoxy) is 1. The summed E-state index contributed by atoms with van der Waals surface area (Å²) in [6.45, 7) is 3.20. The van der Waals surface area contributed by atoms with Crippen molar-refractivity contribution in [3.8, 4) is 5.75 Å². The molecule has 9 heteroatoms. The van der Waals surface area contributed by atoms with Crippen LogP contribution in [0.5, 0.6) is 5.75 Å². The Morgan fingerprint density at radius 1 is 1.12 bits per heavy atom. The van der Waals surface area contributed by atoms with Crippen molar-refractivity contribution in [1.29, 1.82) is 0 Å². The van der Waals surface area contributed by atoms with E-state index in [1.165, 1.54) is 25.0 Å². The minimum absolute atomic E-state index is 0.108. The van der Waals surface area contributed by atoms with Gasteiger partial charge in [0.25, 0.3) is 0 Å². The largest absolute Gasteiger partial charge is 0.494 e. The zero-order valence-electron chi connectivity index (χ0n) is 20.1. The van der Waals surface area contributed by atoms with Crippen LogP contribution in [0.2, 0.25) is 0 Å². The maximum Gasteiger partial charge on any atom is 0.211 e. The lowest BCUT2D eigenvalue weighted by Crippen LogP contribution is -2.41. The van der Waals surface area contributed by atoms with Crippen LogP contribution in [-0.4, -0.2) is 56.2 Å². The van der Waals surface area contributed by atoms with Crippen molar-refractivity contribution in [3.05, 3.63) is 53.5 Å². The zero-order chi connectivity index (χ0) is 24.3. The number of halogens is 1. The fourth-order valence-corrected chi connectivity index (χ4v) is 5.98. The minimum Gasteiger partial charge on any atom is -0.494 e. The van der Waals surface area contributed by atoms with Crippen LogP contribution in [0.4, 0.5) is 10.2 Å². The molecule has 1 aliphatic carbocycles. The summed E-state index contributed by atoms with van der Waals surface area (Å²) in [5.74, 6) is 1.24. The highest BCUT2D eigenvalue weighted by atomic mass is 32.2. The van der Waals surface area contributed by atoms with Gasteiger partial charge in [0.05, 0.1) is 13.4 Å². The summed E-state index contributed by atoms with van der Waals surface area (Å²) < 4.78 is 43.7. The summed E-state index contributed by atoms with van der Waals surface area (Å²) in [6.07, 6.45) is 8.04. The van der Waals surface area contributed by atoms with Gasteiger partial charge in [-0.15, -0.1) is 0 Å². The van der Waals surface area contributed by atoms with Crippen LogP contribution in [0, 0.1) is 5.82 Å². The summed E-state index contributed by atoms with van der Waals surface area (Å²) in [7, 11) is -1.62. The molecular weight excluding hydrogens is 455 g/mol. The number of hydrogen-bond acceptors (Lipinski definition) is 6. The molecule has 1 aromatic heterocycles. The van der Waals surface area contributed by atoms with Gasteiger partial charge < -0.3 is 15.4 Å². The van der Waals surface area contributed by atoms with Gasteiger partial charge in [-0.1, -0.05) is 12.1 Å². The van der Waals surface area contributed by atoms with Crippen molar-refractivity contribution in [3.63, 3.8) is 0 Å². The fourth-order valence-electron chi connectivity index (χ4n) is 5.10. The number of aromatic nitrogens is 1. The molecule has 2 N–H and O–H groups in total. The molecule has 0 bridgehead atoms. The Balaban J connectivity index is 1.27. The van der Waals surface area contributed by atoms with Crippen LogP contribution in [0.3, 0.4) is 0 Å². The van der Waals surface area contributed by atoms with Crippen molar-refractivity contribution in [1.82, 2.24) is 14.6 Å². The number of nitrogens with one attached hydrogen (secondary N) is 2. The minimum atomic E-state index is -3.11. The van der Waals surface area contributed by atoms with Crippen LogP contribution in [0.15, 0.2) is 36.5 Å². The summed E-state index contributed by atoms with van der Waals surface area (Å²) in [4.78, 5) is 4.63. The second-order valence-corrected chi connectivity index (χ2v) is 11.5. The third-order valence-corrected chi connectivity index (χ3v) is 8.43. The van der Waals surface area contributed by atoms with E-state index in [9.17, 15) is 12.8 Å². The number of rotatable bonds is 8. The highest BCUT2D eigenvalue weighted by molar-refractivity contribution is 7.88. The maximum atomic E-state index is 13.7. The summed E-state index contributed by atoms with van der Waals surface area (Å²) in [5.41, 5.74) is 2.26. The van der Waals surface area contributed by atoms with E-state index in [4.69, 9.17) is 4.74 Å². The number of anilines is 1. The molecule has 0 spiro atoms. The van der Waals surface area contributed by atoms with E-state index >= 15 is 0 Å². The SMILES string of the molecule is COc1cc([C@@H](C)N[C@H]2CC[C@@H](c3ccc(NC4CCN(S(C)(=O)=O)CC4)nc3)C2)ccc1F. The van der Waals surface area contributed by atoms with Gasteiger partial charge in [0, 0.05) is 37.4 Å². The molecule has 1 aromatic carbocycles. The normalized spacial score (nSPS) is 23.1. The lowest BCUT2D eigenvalue weighted by Gasteiger charge is -2.30. The molecule has 2 aliphatic rings. The Morgan fingerprint density at radius 2 is 1.88 bits per heavy atom. The topological polar surface area (TPSA) is 83.6 Å². The smallest absolute Gasteiger partial charge is 0.211 e. The van der Waals surface area contributed by atoms with Gasteiger partial charge in [-0.2, -0.15) is 0 Å². The number of benzene rings is 1. The van der Waals surface area contributed by atoms with E-state index in [1.54, 1.807) is 10.4 Å². The predicted molar refractivity (Wildman–Crippen MR) is 132 cm³/mol. The second-order valence-electron chi connectivity index (χ2n) is 9.55. The van der Waals surface area contributed by atoms with Crippen LogP contribution in [0.25, 0.3) is 0 Å². The molecule has 0 radical (unpaired) electrons. The third-order valence-electron chi connectivity index (χ3n) is 7.13. The lowest BCUT2D eigenvalue weighted by atomic mass is 9.99. The van der Waals surface area contributed by atoms with Crippen LogP contribution >= 0.6 is 0 Å². The van der Waals surface area contributed by atoms with Gasteiger partial charge >= 0.3 is 0 Å². The highest BCUT2D eigenvalue weighted by Gasteiger charge is 2.28. The Bertz CT molecular complexity index is 1070. The fraction of sp³-hybridized carbons (Fsp3) is 0.560. The first-order valence-electron chi connectivity index (χ1n) is 12.0. The van der Waals surface area contributed by atoms with Gasteiger partial charge in [0.2, 0.25) is 10.0 Å². The molecule has 4 rings (SSSR count). The average Bonchev–Trinajstić information content (AvgIpc) is 3.28. The van der Waals surface area contributed by atoms with E-state index in [-0.39, 0.29) is 23.7 Å². The molecule has 186 valence electrons. The number of nitrogens with zero attached hydrogens (tertiary/aromatic N) is 2. The first-order chi connectivity index (χ1) is 16.2. The van der Waals surface area contributed by atoms with Crippen LogP contribution in [-0.2, 0) is 10.0 Å². The van der Waals surface area contributed by atoms with Crippen molar-refractivity contribution < 1.29 is 17.5 Å². The summed E-state index contributed by atoms with van der Waals surface area (Å²) >= 11 is 0. The number of piperidine rings is 1. The van der Waals surface area contributed by atoms with E-state index in [0.717, 1.165) is 43.5 Å². The van der Waals surface area contributed by atoms with Gasteiger partial charge in [0.15, 0.2) is 11.6 Å². The lowest BCUT2D eigenvalue weighted by molar-refractivity contribution is 0.331. The number of pyridine rings is 1. The van der Waals surface area contributed by atoms with E-state index < -0.39 is 10.0 Å². The molecule has 1 saturated heterocycles. The van der Waals surface area contributed by atoms with E-state index in [1.807, 2.05) is 18.3 Å². The first kappa shape index (κ1) is 24.9. The molecule has 0 amide bonds. The molecule has 2 heterocycles. The molecule has 3 atom stereocenters. The van der Waals surface area contributed by atoms with Gasteiger partial charge in [-0.05, 0) is 74.3 Å². The highest BCUT2D eigenvalue weighted by Crippen LogP contribution is 2.36. The summed E-state index contributed by atoms with van der Waals surface area (Å²) in [5, 5.41) is 7.14. The monoisotopic (exact) mass is 490 g/mol. The molecule has 1 saturated carbocycles. The van der Waals surface area contributed by atoms with Crippen LogP contribution in [0.1, 0.15) is 62.1 Å². The Kier molecular flexibility index (Phi) is 7.74. The maximum absolute atomic E-state index is 13.7. The van der Waals surface area contributed by atoms with Crippen molar-refractivity contribution in [2.45, 2.75) is 63.1 Å². The summed E-state index contributed by atoms with van der Waals surface area (Å²) in [6, 6.07) is 9.96. The van der Waals surface area contributed by atoms with E-state index in [0.29, 0.717) is 25.0 Å². The molecule has 34 heavy (non-hydrogen) atoms. The van der Waals surface area contributed by atoms with Gasteiger partial charge in [-0.25, -0.2) is 22.1 Å². The first-order valence-corrected chi connectivity index (χ1v) is 13.8. The standard InChI is InChI=1S/C25H35FN4O3S/c1-17(18-5-8-23(26)24(15-18)33-2)28-22-7-4-19(14-22)20-6-9-25(27-16-20)29-21-10-12-30(13-11-21)34(3,31)32/h5-6,8-9,15-17,19,21-22,28H,4,7,10-14H2,1-3H3,(H,27,29)/t17-,19-,22+/m1/s1. The Hall–Kier alpha value is -2.23. The molecule has 1 aliphatic heterocycles. The molecule has 0 unspecified atom stereocenters. The van der Waals surface area contributed by atoms with E-state index in [2.05, 4.69) is 28.6 Å².